The highest BCUT2D eigenvalue weighted by Gasteiger charge is 2.20. The van der Waals surface area contributed by atoms with Gasteiger partial charge in [-0.2, -0.15) is 4.68 Å². The molecule has 0 saturated carbocycles. The van der Waals surface area contributed by atoms with Gasteiger partial charge in [-0.3, -0.25) is 19.7 Å². The molecule has 0 saturated heterocycles. The van der Waals surface area contributed by atoms with Gasteiger partial charge in [0, 0.05) is 28.9 Å². The predicted octanol–water partition coefficient (Wildman–Crippen LogP) is 4.58. The second kappa shape index (κ2) is 10.1. The van der Waals surface area contributed by atoms with Gasteiger partial charge in [-0.15, -0.1) is 5.10 Å². The molecule has 3 aromatic carbocycles. The highest BCUT2D eigenvalue weighted by atomic mass is 32.2. The second-order valence-electron chi connectivity index (χ2n) is 7.31. The van der Waals surface area contributed by atoms with Crippen LogP contribution in [0.2, 0.25) is 0 Å². The summed E-state index contributed by atoms with van der Waals surface area (Å²) < 4.78 is 1.19. The molecule has 9 nitrogen and oxygen atoms in total. The number of nitro benzene ring substituents is 1. The standard InChI is InChI=1S/C24H19N5O4S/c1-16-10-12-18(13-11-16)23(31)28-24(26-22(27-28)17-6-3-2-4-7-17)34-15-21(30)25-19-8-5-9-20(14-19)29(32)33/h2-14H,15H2,1H3,(H,25,30). The Morgan fingerprint density at radius 3 is 2.47 bits per heavy atom. The van der Waals surface area contributed by atoms with E-state index in [2.05, 4.69) is 15.4 Å². The van der Waals surface area contributed by atoms with Crippen LogP contribution in [-0.2, 0) is 4.79 Å². The van der Waals surface area contributed by atoms with E-state index in [-0.39, 0.29) is 22.5 Å². The molecule has 0 spiro atoms. The number of nitrogens with zero attached hydrogens (tertiary/aromatic N) is 4. The monoisotopic (exact) mass is 473 g/mol. The van der Waals surface area contributed by atoms with Crippen LogP contribution in [0.5, 0.6) is 0 Å². The highest BCUT2D eigenvalue weighted by Crippen LogP contribution is 2.24. The molecule has 1 amide bonds. The lowest BCUT2D eigenvalue weighted by Gasteiger charge is -2.06. The number of hydrogen-bond acceptors (Lipinski definition) is 7. The average Bonchev–Trinajstić information content (AvgIpc) is 3.28. The molecule has 34 heavy (non-hydrogen) atoms. The van der Waals surface area contributed by atoms with Gasteiger partial charge in [0.1, 0.15) is 0 Å². The molecule has 1 aromatic heterocycles. The van der Waals surface area contributed by atoms with Crippen LogP contribution in [0.3, 0.4) is 0 Å². The van der Waals surface area contributed by atoms with Crippen LogP contribution in [0, 0.1) is 17.0 Å². The summed E-state index contributed by atoms with van der Waals surface area (Å²) in [5.41, 5.74) is 2.38. The number of aromatic nitrogens is 3. The number of carbonyl (C=O) groups excluding carboxylic acids is 2. The molecule has 0 radical (unpaired) electrons. The van der Waals surface area contributed by atoms with E-state index < -0.39 is 10.8 Å². The number of thioether (sulfide) groups is 1. The minimum absolute atomic E-state index is 0.0726. The van der Waals surface area contributed by atoms with Crippen molar-refractivity contribution in [2.45, 2.75) is 12.1 Å². The number of amides is 1. The van der Waals surface area contributed by atoms with Crippen molar-refractivity contribution in [2.75, 3.05) is 11.1 Å². The van der Waals surface area contributed by atoms with Crippen molar-refractivity contribution in [2.24, 2.45) is 0 Å². The van der Waals surface area contributed by atoms with Crippen molar-refractivity contribution in [3.63, 3.8) is 0 Å². The number of aryl methyl sites for hydroxylation is 1. The third kappa shape index (κ3) is 5.36. The maximum absolute atomic E-state index is 13.1. The Bertz CT molecular complexity index is 1350. The highest BCUT2D eigenvalue weighted by molar-refractivity contribution is 7.99. The van der Waals surface area contributed by atoms with Crippen LogP contribution in [-0.4, -0.2) is 37.3 Å². The number of hydrogen-bond donors (Lipinski definition) is 1. The first-order valence-electron chi connectivity index (χ1n) is 10.2. The number of non-ortho nitro benzene ring substituents is 1. The molecular weight excluding hydrogens is 454 g/mol. The molecule has 0 fully saturated rings. The SMILES string of the molecule is Cc1ccc(C(=O)n2nc(-c3ccccc3)nc2SCC(=O)Nc2cccc([N+](=O)[O-])c2)cc1. The lowest BCUT2D eigenvalue weighted by atomic mass is 10.1. The third-order valence-electron chi connectivity index (χ3n) is 4.77. The summed E-state index contributed by atoms with van der Waals surface area (Å²) in [6, 6.07) is 22.0. The van der Waals surface area contributed by atoms with Crippen molar-refractivity contribution in [1.82, 2.24) is 14.8 Å². The van der Waals surface area contributed by atoms with E-state index in [0.29, 0.717) is 17.1 Å². The van der Waals surface area contributed by atoms with Gasteiger partial charge in [-0.1, -0.05) is 65.9 Å². The van der Waals surface area contributed by atoms with Crippen LogP contribution in [0.25, 0.3) is 11.4 Å². The molecule has 4 aromatic rings. The van der Waals surface area contributed by atoms with Crippen LogP contribution in [0.15, 0.2) is 84.0 Å². The molecule has 1 N–H and O–H groups in total. The van der Waals surface area contributed by atoms with E-state index in [0.717, 1.165) is 22.9 Å². The van der Waals surface area contributed by atoms with Gasteiger partial charge in [-0.25, -0.2) is 4.98 Å². The summed E-state index contributed by atoms with van der Waals surface area (Å²) in [7, 11) is 0. The lowest BCUT2D eigenvalue weighted by molar-refractivity contribution is -0.384. The quantitative estimate of drug-likeness (QED) is 0.237. The van der Waals surface area contributed by atoms with Crippen molar-refractivity contribution in [1.29, 1.82) is 0 Å². The largest absolute Gasteiger partial charge is 0.325 e. The second-order valence-corrected chi connectivity index (χ2v) is 8.25. The Morgan fingerprint density at radius 1 is 1.03 bits per heavy atom. The first kappa shape index (κ1) is 22.9. The minimum atomic E-state index is -0.533. The van der Waals surface area contributed by atoms with Crippen LogP contribution >= 0.6 is 11.8 Å². The van der Waals surface area contributed by atoms with Gasteiger partial charge in [0.15, 0.2) is 11.0 Å². The van der Waals surface area contributed by atoms with Gasteiger partial charge < -0.3 is 5.32 Å². The van der Waals surface area contributed by atoms with E-state index >= 15 is 0 Å². The molecule has 1 heterocycles. The first-order valence-corrected chi connectivity index (χ1v) is 11.2. The molecule has 0 aliphatic rings. The molecule has 170 valence electrons. The normalized spacial score (nSPS) is 10.6. The maximum Gasteiger partial charge on any atom is 0.280 e. The summed E-state index contributed by atoms with van der Waals surface area (Å²) in [6.45, 7) is 1.93. The summed E-state index contributed by atoms with van der Waals surface area (Å²) in [6.07, 6.45) is 0. The van der Waals surface area contributed by atoms with E-state index in [1.54, 1.807) is 18.2 Å². The number of nitro groups is 1. The third-order valence-corrected chi connectivity index (χ3v) is 5.70. The minimum Gasteiger partial charge on any atom is -0.325 e. The molecule has 0 bridgehead atoms. The Hall–Kier alpha value is -4.31. The molecule has 10 heteroatoms. The zero-order valence-electron chi connectivity index (χ0n) is 18.0. The zero-order valence-corrected chi connectivity index (χ0v) is 18.9. The van der Waals surface area contributed by atoms with Crippen molar-refractivity contribution < 1.29 is 14.5 Å². The van der Waals surface area contributed by atoms with Crippen molar-refractivity contribution >= 4 is 35.0 Å². The van der Waals surface area contributed by atoms with E-state index in [9.17, 15) is 19.7 Å². The van der Waals surface area contributed by atoms with Crippen LogP contribution in [0.1, 0.15) is 15.9 Å². The van der Waals surface area contributed by atoms with Crippen molar-refractivity contribution in [3.05, 3.63) is 100 Å². The van der Waals surface area contributed by atoms with E-state index in [1.165, 1.54) is 22.9 Å². The number of benzene rings is 3. The fraction of sp³-hybridized carbons (Fsp3) is 0.0833. The summed E-state index contributed by atoms with van der Waals surface area (Å²) in [5.74, 6) is -0.473. The first-order chi connectivity index (χ1) is 16.4. The molecule has 0 aliphatic heterocycles. The van der Waals surface area contributed by atoms with Gasteiger partial charge >= 0.3 is 0 Å². The summed E-state index contributed by atoms with van der Waals surface area (Å²) in [5, 5.41) is 18.2. The van der Waals surface area contributed by atoms with Crippen LogP contribution in [0.4, 0.5) is 11.4 Å². The Balaban J connectivity index is 1.56. The number of carbonyl (C=O) groups is 2. The fourth-order valence-corrected chi connectivity index (χ4v) is 3.81. The number of anilines is 1. The van der Waals surface area contributed by atoms with E-state index in [1.807, 2.05) is 49.4 Å². The number of rotatable bonds is 7. The Kier molecular flexibility index (Phi) is 6.79. The van der Waals surface area contributed by atoms with Gasteiger partial charge in [0.2, 0.25) is 5.91 Å². The molecule has 0 aliphatic carbocycles. The number of nitrogens with one attached hydrogen (secondary N) is 1. The van der Waals surface area contributed by atoms with Crippen molar-refractivity contribution in [3.8, 4) is 11.4 Å². The zero-order chi connectivity index (χ0) is 24.1. The summed E-state index contributed by atoms with van der Waals surface area (Å²) in [4.78, 5) is 40.5. The molecular formula is C24H19N5O4S. The lowest BCUT2D eigenvalue weighted by Crippen LogP contribution is -2.17. The topological polar surface area (TPSA) is 120 Å². The van der Waals surface area contributed by atoms with Gasteiger partial charge in [-0.05, 0) is 25.1 Å². The smallest absolute Gasteiger partial charge is 0.280 e. The van der Waals surface area contributed by atoms with Crippen LogP contribution < -0.4 is 5.32 Å². The van der Waals surface area contributed by atoms with Gasteiger partial charge in [0.05, 0.1) is 10.7 Å². The Morgan fingerprint density at radius 2 is 1.76 bits per heavy atom. The fourth-order valence-electron chi connectivity index (χ4n) is 3.08. The average molecular weight is 474 g/mol. The molecule has 4 rings (SSSR count). The summed E-state index contributed by atoms with van der Waals surface area (Å²) >= 11 is 1.05. The molecule has 0 atom stereocenters. The predicted molar refractivity (Wildman–Crippen MR) is 129 cm³/mol. The van der Waals surface area contributed by atoms with E-state index in [4.69, 9.17) is 0 Å². The van der Waals surface area contributed by atoms with Gasteiger partial charge in [0.25, 0.3) is 11.6 Å². The Labute approximate surface area is 199 Å². The maximum atomic E-state index is 13.1. The molecule has 0 unspecified atom stereocenters.